The Balaban J connectivity index is 2.19. The summed E-state index contributed by atoms with van der Waals surface area (Å²) in [7, 11) is 2.27. The van der Waals surface area contributed by atoms with Crippen molar-refractivity contribution in [3.8, 4) is 0 Å². The van der Waals surface area contributed by atoms with Gasteiger partial charge in [-0.1, -0.05) is 6.92 Å². The quantitative estimate of drug-likeness (QED) is 0.349. The Morgan fingerprint density at radius 2 is 1.91 bits per heavy atom. The van der Waals surface area contributed by atoms with E-state index in [4.69, 9.17) is 18.0 Å². The van der Waals surface area contributed by atoms with Crippen LogP contribution in [0.4, 0.5) is 0 Å². The largest absolute Gasteiger partial charge is 0.500 e. The molecule has 0 bridgehead atoms. The van der Waals surface area contributed by atoms with Gasteiger partial charge in [-0.2, -0.15) is 0 Å². The molecular weight excluding hydrogens is 304 g/mol. The molecule has 0 radical (unpaired) electrons. The molecule has 0 saturated heterocycles. The molecule has 0 aliphatic heterocycles. The van der Waals surface area contributed by atoms with Gasteiger partial charge in [-0.3, -0.25) is 4.79 Å². The Labute approximate surface area is 132 Å². The van der Waals surface area contributed by atoms with Crippen LogP contribution in [0.25, 0.3) is 0 Å². The zero-order chi connectivity index (χ0) is 16.4. The van der Waals surface area contributed by atoms with E-state index in [1.165, 1.54) is 0 Å². The first kappa shape index (κ1) is 18.8. The second-order valence-corrected chi connectivity index (χ2v) is 8.17. The van der Waals surface area contributed by atoms with E-state index >= 15 is 0 Å². The molecule has 0 saturated carbocycles. The van der Waals surface area contributed by atoms with E-state index in [0.29, 0.717) is 19.2 Å². The molecule has 0 aliphatic carbocycles. The van der Waals surface area contributed by atoms with E-state index in [-0.39, 0.29) is 11.9 Å². The lowest BCUT2D eigenvalue weighted by molar-refractivity contribution is -0.148. The number of aromatic nitrogens is 2. The van der Waals surface area contributed by atoms with Crippen molar-refractivity contribution in [1.29, 1.82) is 0 Å². The van der Waals surface area contributed by atoms with Crippen LogP contribution in [0.15, 0.2) is 18.7 Å². The number of carbonyl (C=O) groups is 1. The van der Waals surface area contributed by atoms with Crippen LogP contribution >= 0.6 is 0 Å². The third-order valence-electron chi connectivity index (χ3n) is 3.50. The number of hydrogen-bond acceptors (Lipinski definition) is 6. The van der Waals surface area contributed by atoms with Crippen LogP contribution in [0.2, 0.25) is 6.04 Å². The molecule has 0 N–H and O–H groups in total. The van der Waals surface area contributed by atoms with Crippen molar-refractivity contribution >= 4 is 14.8 Å². The first-order chi connectivity index (χ1) is 10.6. The maximum atomic E-state index is 11.9. The third kappa shape index (κ3) is 5.88. The molecule has 1 atom stereocenters. The summed E-state index contributed by atoms with van der Waals surface area (Å²) in [6, 6.07) is 0.707. The van der Waals surface area contributed by atoms with E-state index < -0.39 is 8.80 Å². The molecule has 1 heterocycles. The standard InChI is InChI=1S/C14H26N2O5Si/c1-13(11-16-8-7-15-12-16)14(17)21-9-5-6-10-22(18-2,19-3)20-4/h7-8,12-13H,5-6,9-11H2,1-4H3. The van der Waals surface area contributed by atoms with Gasteiger partial charge in [-0.05, 0) is 12.8 Å². The molecule has 0 aliphatic rings. The van der Waals surface area contributed by atoms with Gasteiger partial charge in [-0.15, -0.1) is 0 Å². The van der Waals surface area contributed by atoms with Crippen LogP contribution in [0.1, 0.15) is 19.8 Å². The van der Waals surface area contributed by atoms with Crippen molar-refractivity contribution in [1.82, 2.24) is 9.55 Å². The minimum Gasteiger partial charge on any atom is -0.465 e. The summed E-state index contributed by atoms with van der Waals surface area (Å²) in [5, 5.41) is 0. The van der Waals surface area contributed by atoms with Gasteiger partial charge < -0.3 is 22.6 Å². The Hall–Kier alpha value is -1.22. The molecule has 22 heavy (non-hydrogen) atoms. The number of imidazole rings is 1. The molecule has 1 unspecified atom stereocenters. The zero-order valence-corrected chi connectivity index (χ0v) is 14.8. The van der Waals surface area contributed by atoms with Crippen LogP contribution in [0.3, 0.4) is 0 Å². The second-order valence-electron chi connectivity index (χ2n) is 5.08. The van der Waals surface area contributed by atoms with Gasteiger partial charge in [0.1, 0.15) is 0 Å². The van der Waals surface area contributed by atoms with Crippen LogP contribution in [0, 0.1) is 5.92 Å². The van der Waals surface area contributed by atoms with Crippen molar-refractivity contribution in [3.63, 3.8) is 0 Å². The summed E-state index contributed by atoms with van der Waals surface area (Å²) >= 11 is 0. The van der Waals surface area contributed by atoms with Crippen LogP contribution in [0.5, 0.6) is 0 Å². The molecule has 1 aromatic rings. The average Bonchev–Trinajstić information content (AvgIpc) is 3.04. The van der Waals surface area contributed by atoms with Gasteiger partial charge in [-0.25, -0.2) is 4.98 Å². The summed E-state index contributed by atoms with van der Waals surface area (Å²) in [6.07, 6.45) is 6.79. The Morgan fingerprint density at radius 3 is 2.45 bits per heavy atom. The number of nitrogens with zero attached hydrogens (tertiary/aromatic N) is 2. The van der Waals surface area contributed by atoms with Gasteiger partial charge in [0.05, 0.1) is 18.9 Å². The summed E-state index contributed by atoms with van der Waals surface area (Å²) in [6.45, 7) is 2.82. The van der Waals surface area contributed by atoms with E-state index in [1.807, 2.05) is 17.7 Å². The summed E-state index contributed by atoms with van der Waals surface area (Å²) in [4.78, 5) is 15.8. The molecular formula is C14H26N2O5Si. The van der Waals surface area contributed by atoms with Crippen LogP contribution < -0.4 is 0 Å². The number of esters is 1. The Bertz CT molecular complexity index is 415. The van der Waals surface area contributed by atoms with Gasteiger partial charge >= 0.3 is 14.8 Å². The lowest BCUT2D eigenvalue weighted by atomic mass is 10.2. The van der Waals surface area contributed by atoms with E-state index in [9.17, 15) is 4.79 Å². The lowest BCUT2D eigenvalue weighted by Gasteiger charge is -2.24. The van der Waals surface area contributed by atoms with Crippen molar-refractivity contribution < 1.29 is 22.8 Å². The number of hydrogen-bond donors (Lipinski definition) is 0. The number of carbonyl (C=O) groups excluding carboxylic acids is 1. The maximum absolute atomic E-state index is 11.9. The maximum Gasteiger partial charge on any atom is 0.500 e. The van der Waals surface area contributed by atoms with E-state index in [1.54, 1.807) is 33.9 Å². The smallest absolute Gasteiger partial charge is 0.465 e. The topological polar surface area (TPSA) is 71.8 Å². The first-order valence-electron chi connectivity index (χ1n) is 7.34. The van der Waals surface area contributed by atoms with Crippen molar-refractivity contribution in [3.05, 3.63) is 18.7 Å². The molecule has 8 heteroatoms. The van der Waals surface area contributed by atoms with Crippen LogP contribution in [-0.2, 0) is 29.4 Å². The predicted octanol–water partition coefficient (Wildman–Crippen LogP) is 1.72. The lowest BCUT2D eigenvalue weighted by Crippen LogP contribution is -2.42. The molecule has 0 spiro atoms. The second kappa shape index (κ2) is 9.72. The number of ether oxygens (including phenoxy) is 1. The zero-order valence-electron chi connectivity index (χ0n) is 13.8. The fourth-order valence-electron chi connectivity index (χ4n) is 2.10. The van der Waals surface area contributed by atoms with Gasteiger partial charge in [0, 0.05) is 46.3 Å². The highest BCUT2D eigenvalue weighted by atomic mass is 28.4. The van der Waals surface area contributed by atoms with Gasteiger partial charge in [0.25, 0.3) is 0 Å². The van der Waals surface area contributed by atoms with Crippen molar-refractivity contribution in [2.24, 2.45) is 5.92 Å². The molecule has 0 aromatic carbocycles. The molecule has 7 nitrogen and oxygen atoms in total. The van der Waals surface area contributed by atoms with Crippen LogP contribution in [-0.4, -0.2) is 52.3 Å². The molecule has 1 aromatic heterocycles. The average molecular weight is 330 g/mol. The first-order valence-corrected chi connectivity index (χ1v) is 9.28. The Morgan fingerprint density at radius 1 is 1.23 bits per heavy atom. The summed E-state index contributed by atoms with van der Waals surface area (Å²) in [5.74, 6) is -0.387. The molecule has 126 valence electrons. The minimum atomic E-state index is -2.51. The molecule has 0 amide bonds. The van der Waals surface area contributed by atoms with Gasteiger partial charge in [0.2, 0.25) is 0 Å². The Kier molecular flexibility index (Phi) is 8.32. The van der Waals surface area contributed by atoms with Crippen molar-refractivity contribution in [2.45, 2.75) is 32.4 Å². The highest BCUT2D eigenvalue weighted by Crippen LogP contribution is 2.16. The number of unbranched alkanes of at least 4 members (excludes halogenated alkanes) is 1. The summed E-state index contributed by atoms with van der Waals surface area (Å²) in [5.41, 5.74) is 0. The fraction of sp³-hybridized carbons (Fsp3) is 0.714. The predicted molar refractivity (Wildman–Crippen MR) is 83.2 cm³/mol. The highest BCUT2D eigenvalue weighted by Gasteiger charge is 2.36. The van der Waals surface area contributed by atoms with E-state index in [0.717, 1.165) is 12.8 Å². The monoisotopic (exact) mass is 330 g/mol. The molecule has 0 fully saturated rings. The van der Waals surface area contributed by atoms with Gasteiger partial charge in [0.15, 0.2) is 0 Å². The van der Waals surface area contributed by atoms with E-state index in [2.05, 4.69) is 4.98 Å². The van der Waals surface area contributed by atoms with Crippen molar-refractivity contribution in [2.75, 3.05) is 27.9 Å². The minimum absolute atomic E-state index is 0.192. The normalized spacial score (nSPS) is 13.1. The SMILES string of the molecule is CO[Si](CCCCOC(=O)C(C)Cn1ccnc1)(OC)OC. The third-order valence-corrected chi connectivity index (χ3v) is 6.33. The highest BCUT2D eigenvalue weighted by molar-refractivity contribution is 6.60. The fourth-order valence-corrected chi connectivity index (χ4v) is 3.90. The summed E-state index contributed by atoms with van der Waals surface area (Å²) < 4.78 is 23.2. The number of rotatable bonds is 11. The molecule has 1 rings (SSSR count).